The lowest BCUT2D eigenvalue weighted by Gasteiger charge is -2.32. The molecule has 4 rings (SSSR count). The summed E-state index contributed by atoms with van der Waals surface area (Å²) >= 11 is 0. The summed E-state index contributed by atoms with van der Waals surface area (Å²) in [7, 11) is 1.60. The Morgan fingerprint density at radius 3 is 2.67 bits per heavy atom. The lowest BCUT2D eigenvalue weighted by Crippen LogP contribution is -2.40. The SMILES string of the molecule is COc1nccnc1NCC1CCN(C(=O)C2CC2c2ccccc2)CC1. The van der Waals surface area contributed by atoms with Gasteiger partial charge >= 0.3 is 0 Å². The Morgan fingerprint density at radius 1 is 1.19 bits per heavy atom. The van der Waals surface area contributed by atoms with Crippen molar-refractivity contribution < 1.29 is 9.53 Å². The van der Waals surface area contributed by atoms with Crippen LogP contribution in [0.2, 0.25) is 0 Å². The predicted molar refractivity (Wildman–Crippen MR) is 104 cm³/mol. The molecule has 1 aliphatic heterocycles. The van der Waals surface area contributed by atoms with E-state index in [2.05, 4.69) is 44.5 Å². The smallest absolute Gasteiger partial charge is 0.257 e. The third kappa shape index (κ3) is 4.04. The van der Waals surface area contributed by atoms with Crippen LogP contribution in [0.4, 0.5) is 5.82 Å². The highest BCUT2D eigenvalue weighted by atomic mass is 16.5. The molecule has 0 spiro atoms. The van der Waals surface area contributed by atoms with E-state index in [4.69, 9.17) is 4.74 Å². The van der Waals surface area contributed by atoms with Gasteiger partial charge in [0.15, 0.2) is 5.82 Å². The Kier molecular flexibility index (Phi) is 5.23. The van der Waals surface area contributed by atoms with Gasteiger partial charge in [-0.3, -0.25) is 4.79 Å². The van der Waals surface area contributed by atoms with Crippen LogP contribution >= 0.6 is 0 Å². The van der Waals surface area contributed by atoms with Crippen LogP contribution in [-0.2, 0) is 4.79 Å². The van der Waals surface area contributed by atoms with Crippen LogP contribution in [0, 0.1) is 11.8 Å². The molecule has 1 saturated carbocycles. The van der Waals surface area contributed by atoms with Crippen molar-refractivity contribution >= 4 is 11.7 Å². The fraction of sp³-hybridized carbons (Fsp3) is 0.476. The topological polar surface area (TPSA) is 67.4 Å². The molecule has 0 bridgehead atoms. The minimum Gasteiger partial charge on any atom is -0.478 e. The molecule has 1 aromatic carbocycles. The van der Waals surface area contributed by atoms with Gasteiger partial charge < -0.3 is 15.0 Å². The van der Waals surface area contributed by atoms with Gasteiger partial charge in [0, 0.05) is 37.9 Å². The number of piperidine rings is 1. The fourth-order valence-electron chi connectivity index (χ4n) is 3.97. The van der Waals surface area contributed by atoms with Gasteiger partial charge in [0.2, 0.25) is 5.91 Å². The first kappa shape index (κ1) is 17.8. The number of hydrogen-bond donors (Lipinski definition) is 1. The number of rotatable bonds is 6. The fourth-order valence-corrected chi connectivity index (χ4v) is 3.97. The number of anilines is 1. The van der Waals surface area contributed by atoms with Gasteiger partial charge in [-0.1, -0.05) is 30.3 Å². The van der Waals surface area contributed by atoms with Crippen LogP contribution in [0.1, 0.15) is 30.7 Å². The number of methoxy groups -OCH3 is 1. The van der Waals surface area contributed by atoms with Gasteiger partial charge in [-0.05, 0) is 36.7 Å². The van der Waals surface area contributed by atoms with Gasteiger partial charge in [-0.25, -0.2) is 9.97 Å². The summed E-state index contributed by atoms with van der Waals surface area (Å²) in [5.41, 5.74) is 1.30. The zero-order valence-corrected chi connectivity index (χ0v) is 15.7. The molecule has 2 heterocycles. The van der Waals surface area contributed by atoms with Crippen molar-refractivity contribution in [1.29, 1.82) is 0 Å². The zero-order valence-electron chi connectivity index (χ0n) is 15.7. The van der Waals surface area contributed by atoms with Gasteiger partial charge in [-0.2, -0.15) is 0 Å². The minimum atomic E-state index is 0.186. The van der Waals surface area contributed by atoms with Crippen molar-refractivity contribution in [2.75, 3.05) is 32.1 Å². The number of nitrogens with one attached hydrogen (secondary N) is 1. The molecule has 2 atom stereocenters. The Labute approximate surface area is 160 Å². The summed E-state index contributed by atoms with van der Waals surface area (Å²) in [4.78, 5) is 23.3. The summed E-state index contributed by atoms with van der Waals surface area (Å²) < 4.78 is 5.22. The van der Waals surface area contributed by atoms with Crippen molar-refractivity contribution in [1.82, 2.24) is 14.9 Å². The van der Waals surface area contributed by atoms with Crippen molar-refractivity contribution in [3.8, 4) is 5.88 Å². The molecule has 6 heteroatoms. The number of likely N-dealkylation sites (tertiary alicyclic amines) is 1. The molecule has 0 radical (unpaired) electrons. The highest BCUT2D eigenvalue weighted by Crippen LogP contribution is 2.48. The molecule has 2 fully saturated rings. The van der Waals surface area contributed by atoms with Gasteiger partial charge in [-0.15, -0.1) is 0 Å². The van der Waals surface area contributed by atoms with Crippen LogP contribution in [0.3, 0.4) is 0 Å². The first-order valence-electron chi connectivity index (χ1n) is 9.69. The number of carbonyl (C=O) groups is 1. The number of aromatic nitrogens is 2. The monoisotopic (exact) mass is 366 g/mol. The molecule has 6 nitrogen and oxygen atoms in total. The van der Waals surface area contributed by atoms with Crippen LogP contribution < -0.4 is 10.1 Å². The van der Waals surface area contributed by atoms with E-state index in [1.54, 1.807) is 19.5 Å². The molecule has 1 saturated heterocycles. The summed E-state index contributed by atoms with van der Waals surface area (Å²) in [5.74, 6) is 2.68. The lowest BCUT2D eigenvalue weighted by molar-refractivity contribution is -0.134. The molecule has 142 valence electrons. The van der Waals surface area contributed by atoms with Crippen LogP contribution in [0.5, 0.6) is 5.88 Å². The molecule has 27 heavy (non-hydrogen) atoms. The quantitative estimate of drug-likeness (QED) is 0.851. The van der Waals surface area contributed by atoms with Crippen LogP contribution in [0.15, 0.2) is 42.7 Å². The number of benzene rings is 1. The van der Waals surface area contributed by atoms with Gasteiger partial charge in [0.1, 0.15) is 0 Å². The number of hydrogen-bond acceptors (Lipinski definition) is 5. The predicted octanol–water partition coefficient (Wildman–Crippen LogP) is 2.94. The molecule has 2 aromatic rings. The summed E-state index contributed by atoms with van der Waals surface area (Å²) in [5, 5.41) is 3.34. The number of carbonyl (C=O) groups excluding carboxylic acids is 1. The zero-order chi connectivity index (χ0) is 18.6. The molecular formula is C21H26N4O2. The Morgan fingerprint density at radius 2 is 1.93 bits per heavy atom. The van der Waals surface area contributed by atoms with E-state index in [-0.39, 0.29) is 5.92 Å². The average Bonchev–Trinajstić information content (AvgIpc) is 3.54. The van der Waals surface area contributed by atoms with Crippen LogP contribution in [0.25, 0.3) is 0 Å². The van der Waals surface area contributed by atoms with Gasteiger partial charge in [0.25, 0.3) is 5.88 Å². The Hall–Kier alpha value is -2.63. The molecular weight excluding hydrogens is 340 g/mol. The Balaban J connectivity index is 1.24. The number of amides is 1. The first-order valence-corrected chi connectivity index (χ1v) is 9.69. The second-order valence-corrected chi connectivity index (χ2v) is 7.42. The first-order chi connectivity index (χ1) is 13.3. The van der Waals surface area contributed by atoms with E-state index in [1.807, 2.05) is 6.07 Å². The van der Waals surface area contributed by atoms with Gasteiger partial charge in [0.05, 0.1) is 7.11 Å². The maximum Gasteiger partial charge on any atom is 0.257 e. The van der Waals surface area contributed by atoms with E-state index < -0.39 is 0 Å². The van der Waals surface area contributed by atoms with Crippen molar-refractivity contribution in [3.63, 3.8) is 0 Å². The molecule has 1 amide bonds. The number of ether oxygens (including phenoxy) is 1. The van der Waals surface area contributed by atoms with E-state index in [1.165, 1.54) is 5.56 Å². The van der Waals surface area contributed by atoms with Crippen molar-refractivity contribution in [2.24, 2.45) is 11.8 Å². The molecule has 2 unspecified atom stereocenters. The normalized spacial score (nSPS) is 22.3. The molecule has 1 aliphatic carbocycles. The van der Waals surface area contributed by atoms with E-state index in [9.17, 15) is 4.79 Å². The number of nitrogens with zero attached hydrogens (tertiary/aromatic N) is 3. The second kappa shape index (κ2) is 7.94. The van der Waals surface area contributed by atoms with Crippen molar-refractivity contribution in [2.45, 2.75) is 25.2 Å². The lowest BCUT2D eigenvalue weighted by atomic mass is 9.96. The van der Waals surface area contributed by atoms with E-state index >= 15 is 0 Å². The summed E-state index contributed by atoms with van der Waals surface area (Å²) in [6.07, 6.45) is 6.31. The maximum absolute atomic E-state index is 12.8. The standard InChI is InChI=1S/C21H26N4O2/c1-27-20-19(22-9-10-23-20)24-14-15-7-11-25(12-8-15)21(26)18-13-17(18)16-5-3-2-4-6-16/h2-6,9-10,15,17-18H,7-8,11-14H2,1H3,(H,22,24). The Bertz CT molecular complexity index is 775. The highest BCUT2D eigenvalue weighted by Gasteiger charge is 2.46. The molecule has 1 aromatic heterocycles. The van der Waals surface area contributed by atoms with E-state index in [0.717, 1.165) is 38.9 Å². The largest absolute Gasteiger partial charge is 0.478 e. The van der Waals surface area contributed by atoms with E-state index in [0.29, 0.717) is 29.4 Å². The van der Waals surface area contributed by atoms with Crippen molar-refractivity contribution in [3.05, 3.63) is 48.3 Å². The molecule has 1 N–H and O–H groups in total. The maximum atomic E-state index is 12.8. The minimum absolute atomic E-state index is 0.186. The third-order valence-electron chi connectivity index (χ3n) is 5.68. The second-order valence-electron chi connectivity index (χ2n) is 7.42. The summed E-state index contributed by atoms with van der Waals surface area (Å²) in [6, 6.07) is 10.4. The highest BCUT2D eigenvalue weighted by molar-refractivity contribution is 5.83. The summed E-state index contributed by atoms with van der Waals surface area (Å²) in [6.45, 7) is 2.52. The third-order valence-corrected chi connectivity index (χ3v) is 5.68. The average molecular weight is 366 g/mol. The molecule has 2 aliphatic rings. The van der Waals surface area contributed by atoms with Crippen LogP contribution in [-0.4, -0.2) is 47.5 Å².